The van der Waals surface area contributed by atoms with Crippen molar-refractivity contribution in [1.82, 2.24) is 0 Å². The van der Waals surface area contributed by atoms with Gasteiger partial charge >= 0.3 is 5.69 Å². The summed E-state index contributed by atoms with van der Waals surface area (Å²) < 4.78 is 18.2. The lowest BCUT2D eigenvalue weighted by Gasteiger charge is -2.02. The normalized spacial score (nSPS) is 10.5. The van der Waals surface area contributed by atoms with Crippen LogP contribution in [0.2, 0.25) is 0 Å². The van der Waals surface area contributed by atoms with Gasteiger partial charge in [0.05, 0.1) is 4.92 Å². The second-order valence-electron chi connectivity index (χ2n) is 2.75. The average molecular weight is 211 g/mol. The fraction of sp³-hybridized carbons (Fsp3) is 0.200. The molecule has 0 bridgehead atoms. The highest BCUT2D eigenvalue weighted by Gasteiger charge is 2.13. The fourth-order valence-electron chi connectivity index (χ4n) is 0.966. The van der Waals surface area contributed by atoms with Crippen molar-refractivity contribution in [3.8, 4) is 5.75 Å². The summed E-state index contributed by atoms with van der Waals surface area (Å²) in [5, 5.41) is 10.3. The number of rotatable bonds is 4. The summed E-state index contributed by atoms with van der Waals surface area (Å²) in [6.45, 7) is 2.15. The summed E-state index contributed by atoms with van der Waals surface area (Å²) >= 11 is 0. The minimum atomic E-state index is -0.891. The molecule has 0 aliphatic carbocycles. The molecular weight excluding hydrogens is 201 g/mol. The van der Waals surface area contributed by atoms with E-state index in [1.807, 2.05) is 6.92 Å². The molecule has 0 radical (unpaired) electrons. The average Bonchev–Trinajstić information content (AvgIpc) is 2.17. The quantitative estimate of drug-likeness (QED) is 0.437. The van der Waals surface area contributed by atoms with Crippen LogP contribution in [-0.2, 0) is 0 Å². The molecule has 0 atom stereocenters. The molecule has 0 aromatic heterocycles. The van der Waals surface area contributed by atoms with Crippen molar-refractivity contribution in [2.45, 2.75) is 6.92 Å². The van der Waals surface area contributed by atoms with Crippen LogP contribution < -0.4 is 4.74 Å². The Hall–Kier alpha value is -1.91. The summed E-state index contributed by atoms with van der Waals surface area (Å²) in [7, 11) is 0. The molecule has 0 heterocycles. The van der Waals surface area contributed by atoms with Crippen LogP contribution in [0.4, 0.5) is 10.1 Å². The third-order valence-electron chi connectivity index (χ3n) is 1.70. The van der Waals surface area contributed by atoms with Crippen LogP contribution in [0, 0.1) is 15.9 Å². The molecule has 4 nitrogen and oxygen atoms in total. The van der Waals surface area contributed by atoms with Crippen LogP contribution in [-0.4, -0.2) is 11.5 Å². The largest absolute Gasteiger partial charge is 0.489 e. The lowest BCUT2D eigenvalue weighted by atomic mass is 10.3. The Morgan fingerprint density at radius 1 is 1.60 bits per heavy atom. The van der Waals surface area contributed by atoms with E-state index in [0.717, 1.165) is 12.1 Å². The van der Waals surface area contributed by atoms with Crippen molar-refractivity contribution >= 4 is 5.69 Å². The van der Waals surface area contributed by atoms with Gasteiger partial charge in [-0.05, 0) is 13.0 Å². The van der Waals surface area contributed by atoms with Crippen LogP contribution in [0.3, 0.4) is 0 Å². The van der Waals surface area contributed by atoms with Gasteiger partial charge in [0, 0.05) is 12.1 Å². The van der Waals surface area contributed by atoms with Crippen molar-refractivity contribution in [1.29, 1.82) is 0 Å². The van der Waals surface area contributed by atoms with Gasteiger partial charge in [0.25, 0.3) is 0 Å². The van der Waals surface area contributed by atoms with E-state index in [0.29, 0.717) is 6.61 Å². The number of nitro benzene ring substituents is 1. The van der Waals surface area contributed by atoms with E-state index in [1.54, 1.807) is 12.2 Å². The molecule has 0 saturated heterocycles. The predicted molar refractivity (Wildman–Crippen MR) is 53.4 cm³/mol. The highest BCUT2D eigenvalue weighted by Crippen LogP contribution is 2.22. The number of nitro groups is 1. The molecular formula is C10H10FNO3. The Balaban J connectivity index is 2.77. The van der Waals surface area contributed by atoms with Gasteiger partial charge in [0.2, 0.25) is 5.82 Å². The fourth-order valence-corrected chi connectivity index (χ4v) is 0.966. The first-order chi connectivity index (χ1) is 7.15. The Labute approximate surface area is 86.1 Å². The zero-order chi connectivity index (χ0) is 11.3. The summed E-state index contributed by atoms with van der Waals surface area (Å²) in [6.07, 6.45) is 3.54. The van der Waals surface area contributed by atoms with Crippen molar-refractivity contribution in [2.24, 2.45) is 0 Å². The summed E-state index contributed by atoms with van der Waals surface area (Å²) in [6, 6.07) is 3.45. The van der Waals surface area contributed by atoms with Gasteiger partial charge in [0.1, 0.15) is 12.4 Å². The molecule has 1 aromatic carbocycles. The van der Waals surface area contributed by atoms with Crippen LogP contribution >= 0.6 is 0 Å². The number of benzene rings is 1. The molecule has 0 spiro atoms. The van der Waals surface area contributed by atoms with Crippen LogP contribution in [0.5, 0.6) is 5.75 Å². The molecule has 0 aliphatic heterocycles. The van der Waals surface area contributed by atoms with Crippen molar-refractivity contribution < 1.29 is 14.1 Å². The molecule has 0 saturated carbocycles. The van der Waals surface area contributed by atoms with E-state index in [2.05, 4.69) is 0 Å². The molecule has 0 aliphatic rings. The second-order valence-corrected chi connectivity index (χ2v) is 2.75. The number of halogens is 1. The van der Waals surface area contributed by atoms with E-state index < -0.39 is 16.4 Å². The zero-order valence-electron chi connectivity index (χ0n) is 8.14. The SMILES string of the molecule is CC=CCOc1ccc([N+](=O)[O-])c(F)c1. The second kappa shape index (κ2) is 5.09. The lowest BCUT2D eigenvalue weighted by Crippen LogP contribution is -1.96. The molecule has 1 aromatic rings. The molecule has 0 unspecified atom stereocenters. The van der Waals surface area contributed by atoms with Crippen LogP contribution in [0.1, 0.15) is 6.92 Å². The van der Waals surface area contributed by atoms with E-state index in [4.69, 9.17) is 4.74 Å². The molecule has 0 amide bonds. The molecule has 80 valence electrons. The maximum Gasteiger partial charge on any atom is 0.305 e. The first-order valence-electron chi connectivity index (χ1n) is 4.33. The van der Waals surface area contributed by atoms with Gasteiger partial charge in [-0.1, -0.05) is 12.2 Å². The smallest absolute Gasteiger partial charge is 0.305 e. The molecule has 15 heavy (non-hydrogen) atoms. The van der Waals surface area contributed by atoms with Gasteiger partial charge < -0.3 is 4.74 Å². The standard InChI is InChI=1S/C10H10FNO3/c1-2-3-6-15-8-4-5-10(12(13)14)9(11)7-8/h2-5,7H,6H2,1H3. The predicted octanol–water partition coefficient (Wildman–Crippen LogP) is 2.69. The van der Waals surface area contributed by atoms with Gasteiger partial charge in [-0.25, -0.2) is 0 Å². The topological polar surface area (TPSA) is 52.4 Å². The highest BCUT2D eigenvalue weighted by atomic mass is 19.1. The van der Waals surface area contributed by atoms with Gasteiger partial charge in [0.15, 0.2) is 0 Å². The maximum atomic E-state index is 13.1. The maximum absolute atomic E-state index is 13.1. The monoisotopic (exact) mass is 211 g/mol. The molecule has 5 heteroatoms. The van der Waals surface area contributed by atoms with E-state index in [-0.39, 0.29) is 5.75 Å². The molecule has 0 N–H and O–H groups in total. The zero-order valence-corrected chi connectivity index (χ0v) is 8.14. The summed E-state index contributed by atoms with van der Waals surface area (Å²) in [5.74, 6) is -0.617. The van der Waals surface area contributed by atoms with Crippen molar-refractivity contribution in [3.63, 3.8) is 0 Å². The summed E-state index contributed by atoms with van der Waals surface area (Å²) in [5.41, 5.74) is -0.548. The minimum Gasteiger partial charge on any atom is -0.489 e. The number of nitrogens with zero attached hydrogens (tertiary/aromatic N) is 1. The van der Waals surface area contributed by atoms with Crippen molar-refractivity contribution in [3.05, 3.63) is 46.3 Å². The summed E-state index contributed by atoms with van der Waals surface area (Å²) in [4.78, 5) is 9.53. The molecule has 0 fully saturated rings. The molecule has 1 rings (SSSR count). The number of hydrogen-bond acceptors (Lipinski definition) is 3. The van der Waals surface area contributed by atoms with E-state index in [9.17, 15) is 14.5 Å². The van der Waals surface area contributed by atoms with Gasteiger partial charge in [-0.15, -0.1) is 0 Å². The first kappa shape index (κ1) is 11.2. The lowest BCUT2D eigenvalue weighted by molar-refractivity contribution is -0.387. The number of allylic oxidation sites excluding steroid dienone is 1. The third-order valence-corrected chi connectivity index (χ3v) is 1.70. The number of ether oxygens (including phenoxy) is 1. The number of hydrogen-bond donors (Lipinski definition) is 0. The Kier molecular flexibility index (Phi) is 3.79. The van der Waals surface area contributed by atoms with Gasteiger partial charge in [-0.2, -0.15) is 4.39 Å². The third kappa shape index (κ3) is 3.05. The van der Waals surface area contributed by atoms with E-state index in [1.165, 1.54) is 6.07 Å². The minimum absolute atomic E-state index is 0.274. The Morgan fingerprint density at radius 3 is 2.87 bits per heavy atom. The van der Waals surface area contributed by atoms with Crippen LogP contribution in [0.25, 0.3) is 0 Å². The highest BCUT2D eigenvalue weighted by molar-refractivity contribution is 5.37. The first-order valence-corrected chi connectivity index (χ1v) is 4.33. The van der Waals surface area contributed by atoms with Crippen molar-refractivity contribution in [2.75, 3.05) is 6.61 Å². The van der Waals surface area contributed by atoms with Gasteiger partial charge in [-0.3, -0.25) is 10.1 Å². The van der Waals surface area contributed by atoms with Crippen LogP contribution in [0.15, 0.2) is 30.4 Å². The Morgan fingerprint density at radius 2 is 2.33 bits per heavy atom. The van der Waals surface area contributed by atoms with E-state index >= 15 is 0 Å². The Bertz CT molecular complexity index is 390.